The molecule has 0 amide bonds. The fraction of sp³-hybridized carbons (Fsp3) is 0.405. The highest BCUT2D eigenvalue weighted by molar-refractivity contribution is 6.74. The van der Waals surface area contributed by atoms with Crippen LogP contribution < -0.4 is 20.7 Å². The number of methoxy groups -OCH3 is 2. The lowest BCUT2D eigenvalue weighted by atomic mass is 9.79. The maximum absolute atomic E-state index is 13.1. The van der Waals surface area contributed by atoms with E-state index in [4.69, 9.17) is 23.4 Å². The van der Waals surface area contributed by atoms with Crippen molar-refractivity contribution in [3.8, 4) is 11.5 Å². The molecule has 47 heavy (non-hydrogen) atoms. The number of benzene rings is 3. The van der Waals surface area contributed by atoms with Crippen LogP contribution in [0.3, 0.4) is 0 Å². The molecule has 1 aromatic heterocycles. The van der Waals surface area contributed by atoms with E-state index < -0.39 is 43.6 Å². The third-order valence-corrected chi connectivity index (χ3v) is 14.1. The molecule has 1 aliphatic heterocycles. The lowest BCUT2D eigenvalue weighted by Gasteiger charge is -2.40. The van der Waals surface area contributed by atoms with E-state index in [1.165, 1.54) is 4.57 Å². The van der Waals surface area contributed by atoms with Gasteiger partial charge in [0.1, 0.15) is 29.4 Å². The van der Waals surface area contributed by atoms with Crippen LogP contribution in [-0.2, 0) is 19.5 Å². The van der Waals surface area contributed by atoms with E-state index in [2.05, 4.69) is 51.0 Å². The molecule has 0 radical (unpaired) electrons. The van der Waals surface area contributed by atoms with E-state index in [-0.39, 0.29) is 11.6 Å². The lowest BCUT2D eigenvalue weighted by molar-refractivity contribution is -0.0978. The van der Waals surface area contributed by atoms with Crippen LogP contribution in [0.25, 0.3) is 0 Å². The minimum Gasteiger partial charge on any atom is -0.497 e. The summed E-state index contributed by atoms with van der Waals surface area (Å²) in [7, 11) is 1.10. The van der Waals surface area contributed by atoms with Gasteiger partial charge in [-0.25, -0.2) is 4.79 Å². The van der Waals surface area contributed by atoms with E-state index in [9.17, 15) is 9.59 Å². The van der Waals surface area contributed by atoms with Crippen LogP contribution in [0, 0.1) is 6.92 Å². The molecule has 1 fully saturated rings. The first kappa shape index (κ1) is 34.4. The molecule has 3 atom stereocenters. The van der Waals surface area contributed by atoms with Gasteiger partial charge in [0.05, 0.1) is 26.9 Å². The van der Waals surface area contributed by atoms with Gasteiger partial charge in [-0.1, -0.05) is 75.4 Å². The Morgan fingerprint density at radius 3 is 1.89 bits per heavy atom. The Balaban J connectivity index is 1.66. The number of rotatable bonds is 11. The summed E-state index contributed by atoms with van der Waals surface area (Å²) >= 11 is 0. The Bertz CT molecular complexity index is 1710. The van der Waals surface area contributed by atoms with E-state index in [1.54, 1.807) is 27.3 Å². The first-order valence-electron chi connectivity index (χ1n) is 15.9. The zero-order valence-corrected chi connectivity index (χ0v) is 29.5. The average molecular weight is 659 g/mol. The Morgan fingerprint density at radius 1 is 0.851 bits per heavy atom. The Hall–Kier alpha value is -3.96. The number of hydrogen-bond acceptors (Lipinski definition) is 7. The van der Waals surface area contributed by atoms with Gasteiger partial charge in [0.25, 0.3) is 5.56 Å². The van der Waals surface area contributed by atoms with Crippen LogP contribution in [-0.4, -0.2) is 50.9 Å². The lowest BCUT2D eigenvalue weighted by Crippen LogP contribution is -2.46. The van der Waals surface area contributed by atoms with Crippen molar-refractivity contribution < 1.29 is 23.4 Å². The fourth-order valence-electron chi connectivity index (χ4n) is 5.71. The summed E-state index contributed by atoms with van der Waals surface area (Å²) in [5, 5.41) is -0.0195. The number of aryl methyl sites for hydroxylation is 1. The smallest absolute Gasteiger partial charge is 0.330 e. The standard InChI is InChI=1S/C37H46N2O7Si/c1-25-23-39(35(41)38-34(25)40)33-22-31(32(45-33)24-44-47(7,8)36(2,3)4)46-37(26-12-10-9-11-13-26,27-14-18-29(42-5)19-15-27)28-16-20-30(43-6)21-17-28/h9-21,23,31-33H,22,24H2,1-8H3,(H,38,40,41)/t31?,32-,33-/m1/s1. The van der Waals surface area contributed by atoms with E-state index >= 15 is 0 Å². The predicted octanol–water partition coefficient (Wildman–Crippen LogP) is 6.55. The van der Waals surface area contributed by atoms with Gasteiger partial charge in [-0.2, -0.15) is 0 Å². The van der Waals surface area contributed by atoms with Crippen molar-refractivity contribution in [1.82, 2.24) is 9.55 Å². The van der Waals surface area contributed by atoms with Crippen molar-refractivity contribution in [2.75, 3.05) is 20.8 Å². The largest absolute Gasteiger partial charge is 0.497 e. The first-order chi connectivity index (χ1) is 22.3. The molecule has 0 bridgehead atoms. The van der Waals surface area contributed by atoms with Gasteiger partial charge in [0.15, 0.2) is 8.32 Å². The molecule has 3 aromatic carbocycles. The second-order valence-corrected chi connectivity index (χ2v) is 18.4. The summed E-state index contributed by atoms with van der Waals surface area (Å²) in [6, 6.07) is 25.8. The molecule has 10 heteroatoms. The molecule has 2 heterocycles. The molecular formula is C37H46N2O7Si. The summed E-state index contributed by atoms with van der Waals surface area (Å²) in [6.07, 6.45) is 0.173. The molecule has 0 saturated carbocycles. The molecule has 0 aliphatic carbocycles. The van der Waals surface area contributed by atoms with Crippen LogP contribution in [0.5, 0.6) is 11.5 Å². The molecular weight excluding hydrogens is 613 g/mol. The maximum atomic E-state index is 13.1. The zero-order chi connectivity index (χ0) is 34.0. The molecule has 4 aromatic rings. The number of H-pyrrole nitrogens is 1. The van der Waals surface area contributed by atoms with Crippen LogP contribution in [0.4, 0.5) is 0 Å². The minimum absolute atomic E-state index is 0.0195. The van der Waals surface area contributed by atoms with Crippen molar-refractivity contribution in [3.05, 3.63) is 128 Å². The molecule has 5 rings (SSSR count). The van der Waals surface area contributed by atoms with Crippen molar-refractivity contribution in [1.29, 1.82) is 0 Å². The molecule has 0 spiro atoms. The third kappa shape index (κ3) is 7.01. The fourth-order valence-corrected chi connectivity index (χ4v) is 6.72. The topological polar surface area (TPSA) is 101 Å². The molecule has 9 nitrogen and oxygen atoms in total. The second kappa shape index (κ2) is 13.6. The number of aromatic amines is 1. The summed E-state index contributed by atoms with van der Waals surface area (Å²) in [5.41, 5.74) is 1.07. The number of hydrogen-bond donors (Lipinski definition) is 1. The second-order valence-electron chi connectivity index (χ2n) is 13.6. The van der Waals surface area contributed by atoms with Gasteiger partial charge in [0.2, 0.25) is 0 Å². The molecule has 250 valence electrons. The van der Waals surface area contributed by atoms with Gasteiger partial charge in [-0.15, -0.1) is 0 Å². The number of nitrogens with one attached hydrogen (secondary N) is 1. The SMILES string of the molecule is COc1ccc(C(OC2C[C@H](n3cc(C)c(=O)[nH]c3=O)O[C@@H]2CO[Si](C)(C)C(C)(C)C)(c2ccccc2)c2ccc(OC)cc2)cc1. The quantitative estimate of drug-likeness (QED) is 0.144. The Morgan fingerprint density at radius 2 is 1.38 bits per heavy atom. The third-order valence-electron chi connectivity index (χ3n) is 9.55. The average Bonchev–Trinajstić information content (AvgIpc) is 3.46. The van der Waals surface area contributed by atoms with Gasteiger partial charge in [0, 0.05) is 18.2 Å². The highest BCUT2D eigenvalue weighted by atomic mass is 28.4. The highest BCUT2D eigenvalue weighted by Gasteiger charge is 2.47. The monoisotopic (exact) mass is 658 g/mol. The van der Waals surface area contributed by atoms with E-state index in [0.717, 1.165) is 28.2 Å². The van der Waals surface area contributed by atoms with Crippen molar-refractivity contribution in [3.63, 3.8) is 0 Å². The van der Waals surface area contributed by atoms with E-state index in [1.807, 2.05) is 66.7 Å². The Kier molecular flexibility index (Phi) is 9.98. The van der Waals surface area contributed by atoms with Crippen LogP contribution in [0.1, 0.15) is 55.7 Å². The molecule has 1 unspecified atom stereocenters. The summed E-state index contributed by atoms with van der Waals surface area (Å²) in [6.45, 7) is 12.9. The number of ether oxygens (including phenoxy) is 4. The van der Waals surface area contributed by atoms with E-state index in [0.29, 0.717) is 12.0 Å². The summed E-state index contributed by atoms with van der Waals surface area (Å²) < 4.78 is 33.3. The zero-order valence-electron chi connectivity index (χ0n) is 28.5. The van der Waals surface area contributed by atoms with Crippen molar-refractivity contribution >= 4 is 8.32 Å². The number of aromatic nitrogens is 2. The maximum Gasteiger partial charge on any atom is 0.330 e. The first-order valence-corrected chi connectivity index (χ1v) is 18.8. The molecule has 1 N–H and O–H groups in total. The van der Waals surface area contributed by atoms with Gasteiger partial charge >= 0.3 is 5.69 Å². The number of nitrogens with zero attached hydrogens (tertiary/aromatic N) is 1. The molecule has 1 aliphatic rings. The van der Waals surface area contributed by atoms with Crippen LogP contribution >= 0.6 is 0 Å². The normalized spacial score (nSPS) is 18.7. The van der Waals surface area contributed by atoms with Crippen molar-refractivity contribution in [2.45, 2.75) is 76.3 Å². The van der Waals surface area contributed by atoms with Crippen LogP contribution in [0.15, 0.2) is 94.6 Å². The van der Waals surface area contributed by atoms with Crippen molar-refractivity contribution in [2.24, 2.45) is 0 Å². The summed E-state index contributed by atoms with van der Waals surface area (Å²) in [4.78, 5) is 27.7. The van der Waals surface area contributed by atoms with Gasteiger partial charge in [-0.3, -0.25) is 14.3 Å². The Labute approximate surface area is 277 Å². The van der Waals surface area contributed by atoms with Gasteiger partial charge in [-0.05, 0) is 66.0 Å². The summed E-state index contributed by atoms with van der Waals surface area (Å²) in [5.74, 6) is 1.45. The van der Waals surface area contributed by atoms with Crippen LogP contribution in [0.2, 0.25) is 18.1 Å². The molecule has 1 saturated heterocycles. The predicted molar refractivity (Wildman–Crippen MR) is 185 cm³/mol. The highest BCUT2D eigenvalue weighted by Crippen LogP contribution is 2.46. The minimum atomic E-state index is -2.18. The van der Waals surface area contributed by atoms with Gasteiger partial charge < -0.3 is 23.4 Å².